The van der Waals surface area contributed by atoms with Crippen LogP contribution < -0.4 is 16.0 Å². The number of rotatable bonds is 8. The van der Waals surface area contributed by atoms with Gasteiger partial charge in [0.2, 0.25) is 0 Å². The molecule has 24 heavy (non-hydrogen) atoms. The Balaban J connectivity index is 2.00. The van der Waals surface area contributed by atoms with Crippen LogP contribution >= 0.6 is 0 Å². The lowest BCUT2D eigenvalue weighted by Crippen LogP contribution is -2.40. The number of carbonyl (C=O) groups excluding carboxylic acids is 1. The van der Waals surface area contributed by atoms with Crippen molar-refractivity contribution >= 4 is 12.1 Å². The summed E-state index contributed by atoms with van der Waals surface area (Å²) in [5.41, 5.74) is -0.455. The number of hydrogen-bond acceptors (Lipinski definition) is 4. The standard InChI is InChI=1S/C17H35N5O2/c1-17(2,3)24-16(23)21-10-7-9-19-15(18-4)20-11-8-14-22-12-5-6-13-22/h5-14H2,1-4H3,(H,21,23)(H2,18,19,20). The molecule has 0 spiro atoms. The van der Waals surface area contributed by atoms with E-state index in [1.165, 1.54) is 25.9 Å². The van der Waals surface area contributed by atoms with Crippen molar-refractivity contribution in [2.24, 2.45) is 4.99 Å². The number of alkyl carbamates (subject to hydrolysis) is 1. The Bertz CT molecular complexity index is 387. The minimum atomic E-state index is -0.455. The number of aliphatic imine (C=N–C) groups is 1. The number of nitrogens with one attached hydrogen (secondary N) is 3. The molecular formula is C17H35N5O2. The van der Waals surface area contributed by atoms with Crippen LogP contribution in [0.15, 0.2) is 4.99 Å². The second-order valence-corrected chi connectivity index (χ2v) is 7.11. The third kappa shape index (κ3) is 10.3. The van der Waals surface area contributed by atoms with E-state index in [0.717, 1.165) is 38.4 Å². The predicted molar refractivity (Wildman–Crippen MR) is 98.5 cm³/mol. The first-order chi connectivity index (χ1) is 11.4. The van der Waals surface area contributed by atoms with Gasteiger partial charge in [-0.05, 0) is 66.1 Å². The molecule has 0 aliphatic carbocycles. The summed E-state index contributed by atoms with van der Waals surface area (Å²) in [7, 11) is 1.77. The van der Waals surface area contributed by atoms with Gasteiger partial charge >= 0.3 is 6.09 Å². The van der Waals surface area contributed by atoms with E-state index in [4.69, 9.17) is 4.74 Å². The largest absolute Gasteiger partial charge is 0.444 e. The lowest BCUT2D eigenvalue weighted by molar-refractivity contribution is 0.0527. The van der Waals surface area contributed by atoms with Crippen molar-refractivity contribution in [2.75, 3.05) is 46.3 Å². The number of carbonyl (C=O) groups is 1. The van der Waals surface area contributed by atoms with Gasteiger partial charge in [0.15, 0.2) is 5.96 Å². The second kappa shape index (κ2) is 11.1. The lowest BCUT2D eigenvalue weighted by atomic mass is 10.2. The molecule has 1 amide bonds. The van der Waals surface area contributed by atoms with E-state index in [-0.39, 0.29) is 6.09 Å². The number of amides is 1. The average molecular weight is 342 g/mol. The summed E-state index contributed by atoms with van der Waals surface area (Å²) >= 11 is 0. The van der Waals surface area contributed by atoms with Crippen molar-refractivity contribution in [3.8, 4) is 0 Å². The van der Waals surface area contributed by atoms with Gasteiger partial charge in [0.25, 0.3) is 0 Å². The van der Waals surface area contributed by atoms with Crippen molar-refractivity contribution in [1.29, 1.82) is 0 Å². The molecule has 0 aromatic heterocycles. The molecule has 1 aliphatic rings. The van der Waals surface area contributed by atoms with Crippen LogP contribution in [0.4, 0.5) is 4.79 Å². The minimum absolute atomic E-state index is 0.369. The Kier molecular flexibility index (Phi) is 9.52. The summed E-state index contributed by atoms with van der Waals surface area (Å²) in [4.78, 5) is 18.2. The van der Waals surface area contributed by atoms with Crippen LogP contribution in [0.25, 0.3) is 0 Å². The van der Waals surface area contributed by atoms with Crippen molar-refractivity contribution in [1.82, 2.24) is 20.9 Å². The zero-order valence-electron chi connectivity index (χ0n) is 15.8. The SMILES string of the molecule is CN=C(NCCCNC(=O)OC(C)(C)C)NCCCN1CCCC1. The fourth-order valence-electron chi connectivity index (χ4n) is 2.54. The van der Waals surface area contributed by atoms with E-state index < -0.39 is 5.60 Å². The molecular weight excluding hydrogens is 306 g/mol. The molecule has 7 nitrogen and oxygen atoms in total. The summed E-state index contributed by atoms with van der Waals surface area (Å²) in [5.74, 6) is 0.814. The first kappa shape index (κ1) is 20.5. The van der Waals surface area contributed by atoms with Crippen LogP contribution in [0.1, 0.15) is 46.5 Å². The molecule has 0 radical (unpaired) electrons. The van der Waals surface area contributed by atoms with E-state index in [1.807, 2.05) is 20.8 Å². The van der Waals surface area contributed by atoms with Crippen LogP contribution in [-0.4, -0.2) is 68.9 Å². The lowest BCUT2D eigenvalue weighted by Gasteiger charge is -2.19. The Labute approximate surface area is 146 Å². The average Bonchev–Trinajstić information content (AvgIpc) is 3.00. The first-order valence-electron chi connectivity index (χ1n) is 9.04. The maximum Gasteiger partial charge on any atom is 0.407 e. The van der Waals surface area contributed by atoms with Crippen LogP contribution in [0.3, 0.4) is 0 Å². The molecule has 0 saturated carbocycles. The minimum Gasteiger partial charge on any atom is -0.444 e. The number of ether oxygens (including phenoxy) is 1. The fourth-order valence-corrected chi connectivity index (χ4v) is 2.54. The maximum atomic E-state index is 11.5. The summed E-state index contributed by atoms with van der Waals surface area (Å²) in [6.07, 6.45) is 4.25. The highest BCUT2D eigenvalue weighted by atomic mass is 16.6. The molecule has 7 heteroatoms. The number of nitrogens with zero attached hydrogens (tertiary/aromatic N) is 2. The molecule has 1 aliphatic heterocycles. The molecule has 140 valence electrons. The molecule has 0 aromatic rings. The Morgan fingerprint density at radius 2 is 1.62 bits per heavy atom. The molecule has 1 saturated heterocycles. The summed E-state index contributed by atoms with van der Waals surface area (Å²) in [5, 5.41) is 9.32. The van der Waals surface area contributed by atoms with E-state index >= 15 is 0 Å². The third-order valence-electron chi connectivity index (χ3n) is 3.68. The molecule has 1 fully saturated rings. The van der Waals surface area contributed by atoms with Gasteiger partial charge in [0.05, 0.1) is 0 Å². The van der Waals surface area contributed by atoms with Gasteiger partial charge < -0.3 is 25.6 Å². The van der Waals surface area contributed by atoms with E-state index in [1.54, 1.807) is 7.05 Å². The zero-order valence-corrected chi connectivity index (χ0v) is 15.8. The van der Waals surface area contributed by atoms with E-state index in [2.05, 4.69) is 25.8 Å². The third-order valence-corrected chi connectivity index (χ3v) is 3.68. The molecule has 3 N–H and O–H groups in total. The smallest absolute Gasteiger partial charge is 0.407 e. The Morgan fingerprint density at radius 3 is 2.21 bits per heavy atom. The van der Waals surface area contributed by atoms with Crippen LogP contribution in [0, 0.1) is 0 Å². The molecule has 1 heterocycles. The summed E-state index contributed by atoms with van der Waals surface area (Å²) < 4.78 is 5.18. The second-order valence-electron chi connectivity index (χ2n) is 7.11. The van der Waals surface area contributed by atoms with Gasteiger partial charge in [-0.2, -0.15) is 0 Å². The Hall–Kier alpha value is -1.50. The fraction of sp³-hybridized carbons (Fsp3) is 0.882. The first-order valence-corrected chi connectivity index (χ1v) is 9.04. The molecule has 0 unspecified atom stereocenters. The van der Waals surface area contributed by atoms with Crippen LogP contribution in [0.2, 0.25) is 0 Å². The predicted octanol–water partition coefficient (Wildman–Crippen LogP) is 1.55. The molecule has 0 aromatic carbocycles. The van der Waals surface area contributed by atoms with Crippen molar-refractivity contribution in [3.05, 3.63) is 0 Å². The van der Waals surface area contributed by atoms with Crippen molar-refractivity contribution < 1.29 is 9.53 Å². The van der Waals surface area contributed by atoms with E-state index in [0.29, 0.717) is 6.54 Å². The number of guanidine groups is 1. The van der Waals surface area contributed by atoms with Crippen molar-refractivity contribution in [3.63, 3.8) is 0 Å². The topological polar surface area (TPSA) is 78.0 Å². The highest BCUT2D eigenvalue weighted by Crippen LogP contribution is 2.07. The molecule has 0 atom stereocenters. The van der Waals surface area contributed by atoms with Gasteiger partial charge in [-0.15, -0.1) is 0 Å². The maximum absolute atomic E-state index is 11.5. The zero-order chi connectivity index (χ0) is 17.8. The van der Waals surface area contributed by atoms with Gasteiger partial charge in [-0.1, -0.05) is 0 Å². The summed E-state index contributed by atoms with van der Waals surface area (Å²) in [6, 6.07) is 0. The van der Waals surface area contributed by atoms with Gasteiger partial charge in [-0.25, -0.2) is 4.79 Å². The van der Waals surface area contributed by atoms with Crippen molar-refractivity contribution in [2.45, 2.75) is 52.1 Å². The van der Waals surface area contributed by atoms with Gasteiger partial charge in [0, 0.05) is 26.7 Å². The molecule has 0 bridgehead atoms. The van der Waals surface area contributed by atoms with Crippen LogP contribution in [-0.2, 0) is 4.74 Å². The van der Waals surface area contributed by atoms with Gasteiger partial charge in [-0.3, -0.25) is 4.99 Å². The highest BCUT2D eigenvalue weighted by Gasteiger charge is 2.15. The van der Waals surface area contributed by atoms with E-state index in [9.17, 15) is 4.79 Å². The Morgan fingerprint density at radius 1 is 1.04 bits per heavy atom. The number of likely N-dealkylation sites (tertiary alicyclic amines) is 1. The normalized spacial score (nSPS) is 16.1. The monoisotopic (exact) mass is 341 g/mol. The molecule has 1 rings (SSSR count). The highest BCUT2D eigenvalue weighted by molar-refractivity contribution is 5.79. The van der Waals surface area contributed by atoms with Gasteiger partial charge in [0.1, 0.15) is 5.60 Å². The van der Waals surface area contributed by atoms with Crippen LogP contribution in [0.5, 0.6) is 0 Å². The quantitative estimate of drug-likeness (QED) is 0.355. The summed E-state index contributed by atoms with van der Waals surface area (Å²) in [6.45, 7) is 11.5. The number of hydrogen-bond donors (Lipinski definition) is 3.